The maximum absolute atomic E-state index is 12.8. The van der Waals surface area contributed by atoms with Crippen molar-refractivity contribution in [2.45, 2.75) is 55.9 Å². The van der Waals surface area contributed by atoms with E-state index in [0.29, 0.717) is 18.0 Å². The van der Waals surface area contributed by atoms with Gasteiger partial charge in [0.15, 0.2) is 0 Å². The number of hydrogen-bond donors (Lipinski definition) is 2. The molecule has 1 heterocycles. The summed E-state index contributed by atoms with van der Waals surface area (Å²) in [5.74, 6) is 0.0873. The number of nitrogens with one attached hydrogen (secondary N) is 1. The van der Waals surface area contributed by atoms with Crippen LogP contribution in [0.3, 0.4) is 0 Å². The predicted octanol–water partition coefficient (Wildman–Crippen LogP) is 0.598. The summed E-state index contributed by atoms with van der Waals surface area (Å²) in [5, 5.41) is 0.449. The molecule has 27 heavy (non-hydrogen) atoms. The van der Waals surface area contributed by atoms with E-state index >= 15 is 0 Å². The number of benzene rings is 1. The number of nitrogens with two attached hydrogens (primary N) is 1. The van der Waals surface area contributed by atoms with Crippen molar-refractivity contribution in [3.8, 4) is 0 Å². The van der Waals surface area contributed by atoms with Crippen LogP contribution in [-0.4, -0.2) is 56.1 Å². The second-order valence-corrected chi connectivity index (χ2v) is 10.6. The smallest absolute Gasteiger partial charge is 0.313 e. The number of quaternary nitrogens is 1. The number of rotatable bonds is 8. The maximum Gasteiger partial charge on any atom is 0.313 e. The van der Waals surface area contributed by atoms with E-state index in [4.69, 9.17) is 17.3 Å². The highest BCUT2D eigenvalue weighted by Crippen LogP contribution is 2.30. The van der Waals surface area contributed by atoms with Crippen LogP contribution in [0.2, 0.25) is 5.02 Å². The number of amides is 1. The van der Waals surface area contributed by atoms with Crippen molar-refractivity contribution in [3.05, 3.63) is 34.9 Å². The molecule has 0 aromatic heterocycles. The summed E-state index contributed by atoms with van der Waals surface area (Å²) in [6.07, 6.45) is 4.20. The Hall–Kier alpha value is -0.990. The fraction of sp³-hybridized carbons (Fsp3) is 0.632. The van der Waals surface area contributed by atoms with Crippen LogP contribution in [0.1, 0.15) is 37.7 Å². The van der Waals surface area contributed by atoms with Gasteiger partial charge in [-0.2, -0.15) is 4.31 Å². The van der Waals surface area contributed by atoms with Crippen molar-refractivity contribution in [1.82, 2.24) is 4.31 Å². The number of likely N-dealkylation sites (tertiary alicyclic amines) is 1. The molecule has 3 rings (SSSR count). The highest BCUT2D eigenvalue weighted by atomic mass is 35.5. The quantitative estimate of drug-likeness (QED) is 0.652. The lowest BCUT2D eigenvalue weighted by Gasteiger charge is -2.25. The number of hydrogen-bond acceptors (Lipinski definition) is 4. The van der Waals surface area contributed by atoms with Crippen LogP contribution in [0.5, 0.6) is 0 Å². The van der Waals surface area contributed by atoms with E-state index in [9.17, 15) is 13.2 Å². The molecule has 1 amide bonds. The Morgan fingerprint density at radius 3 is 2.78 bits per heavy atom. The molecule has 1 aliphatic heterocycles. The third kappa shape index (κ3) is 5.29. The Bertz CT molecular complexity index is 782. The van der Waals surface area contributed by atoms with Gasteiger partial charge in [-0.25, -0.2) is 13.2 Å². The zero-order valence-electron chi connectivity index (χ0n) is 15.7. The Morgan fingerprint density at radius 2 is 2.11 bits per heavy atom. The third-order valence-electron chi connectivity index (χ3n) is 5.54. The molecule has 150 valence electrons. The normalized spacial score (nSPS) is 24.3. The number of sulfonamides is 1. The highest BCUT2D eigenvalue weighted by Gasteiger charge is 2.42. The first-order valence-electron chi connectivity index (χ1n) is 9.61. The molecule has 6 nitrogen and oxygen atoms in total. The fourth-order valence-corrected chi connectivity index (χ4v) is 5.77. The second-order valence-electron chi connectivity index (χ2n) is 7.86. The summed E-state index contributed by atoms with van der Waals surface area (Å²) in [5.41, 5.74) is 7.22. The average Bonchev–Trinajstić information content (AvgIpc) is 3.35. The van der Waals surface area contributed by atoms with Crippen molar-refractivity contribution in [3.63, 3.8) is 0 Å². The molecule has 8 heteroatoms. The first-order valence-corrected chi connectivity index (χ1v) is 11.5. The lowest BCUT2D eigenvalue weighted by molar-refractivity contribution is -0.833. The molecule has 1 aromatic rings. The SMILES string of the molecule is CN(CC1CCC[NH+]1C(=O)CC(N)Cc1cccc(Cl)c1)S(=O)(=O)C1CC1. The summed E-state index contributed by atoms with van der Waals surface area (Å²) in [4.78, 5) is 13.7. The number of likely N-dealkylation sites (N-methyl/N-ethyl adjacent to an activating group) is 1. The van der Waals surface area contributed by atoms with Gasteiger partial charge in [-0.15, -0.1) is 0 Å². The molecule has 1 aliphatic carbocycles. The van der Waals surface area contributed by atoms with E-state index in [2.05, 4.69) is 0 Å². The molecule has 0 radical (unpaired) electrons. The number of nitrogens with zero attached hydrogens (tertiary/aromatic N) is 1. The Morgan fingerprint density at radius 1 is 1.37 bits per heavy atom. The minimum Gasteiger partial charge on any atom is -0.327 e. The van der Waals surface area contributed by atoms with Gasteiger partial charge >= 0.3 is 5.91 Å². The lowest BCUT2D eigenvalue weighted by atomic mass is 10.0. The molecule has 1 saturated heterocycles. The van der Waals surface area contributed by atoms with E-state index < -0.39 is 10.0 Å². The first-order chi connectivity index (χ1) is 12.8. The minimum atomic E-state index is -3.20. The zero-order valence-corrected chi connectivity index (χ0v) is 17.3. The van der Waals surface area contributed by atoms with Crippen LogP contribution in [0, 0.1) is 0 Å². The number of halogens is 1. The van der Waals surface area contributed by atoms with Crippen LogP contribution in [0.25, 0.3) is 0 Å². The summed E-state index contributed by atoms with van der Waals surface area (Å²) in [6, 6.07) is 7.28. The van der Waals surface area contributed by atoms with Crippen molar-refractivity contribution in [2.75, 3.05) is 20.1 Å². The summed E-state index contributed by atoms with van der Waals surface area (Å²) in [7, 11) is -1.56. The summed E-state index contributed by atoms with van der Waals surface area (Å²) < 4.78 is 26.2. The van der Waals surface area contributed by atoms with Gasteiger partial charge < -0.3 is 5.73 Å². The standard InChI is InChI=1S/C19H28ClN3O3S/c1-22(27(25,26)18-7-8-18)13-17-6-3-9-23(17)19(24)12-16(21)11-14-4-2-5-15(20)10-14/h2,4-5,10,16-18H,3,6-9,11-13,21H2,1H3/p+1. The van der Waals surface area contributed by atoms with Gasteiger partial charge in [-0.05, 0) is 37.0 Å². The highest BCUT2D eigenvalue weighted by molar-refractivity contribution is 7.90. The summed E-state index contributed by atoms with van der Waals surface area (Å²) >= 11 is 6.00. The van der Waals surface area contributed by atoms with Gasteiger partial charge in [0.1, 0.15) is 6.04 Å². The molecule has 1 aromatic carbocycles. The predicted molar refractivity (Wildman–Crippen MR) is 106 cm³/mol. The molecule has 3 N–H and O–H groups in total. The molecule has 2 fully saturated rings. The van der Waals surface area contributed by atoms with E-state index in [0.717, 1.165) is 42.7 Å². The second kappa shape index (κ2) is 8.57. The van der Waals surface area contributed by atoms with Gasteiger partial charge in [-0.3, -0.25) is 4.90 Å². The molecule has 1 saturated carbocycles. The molecule has 2 aliphatic rings. The van der Waals surface area contributed by atoms with Crippen LogP contribution in [0.15, 0.2) is 24.3 Å². The van der Waals surface area contributed by atoms with E-state index in [1.807, 2.05) is 24.3 Å². The van der Waals surface area contributed by atoms with Crippen molar-refractivity contribution >= 4 is 27.5 Å². The van der Waals surface area contributed by atoms with Crippen LogP contribution >= 0.6 is 11.6 Å². The number of carbonyl (C=O) groups is 1. The Kier molecular flexibility index (Phi) is 6.58. The monoisotopic (exact) mass is 414 g/mol. The fourth-order valence-electron chi connectivity index (χ4n) is 3.93. The lowest BCUT2D eigenvalue weighted by Crippen LogP contribution is -3.17. The van der Waals surface area contributed by atoms with Crippen LogP contribution in [0.4, 0.5) is 0 Å². The molecule has 3 atom stereocenters. The molecule has 0 bridgehead atoms. The van der Waals surface area contributed by atoms with Crippen molar-refractivity contribution in [1.29, 1.82) is 0 Å². The first kappa shape index (κ1) is 20.7. The van der Waals surface area contributed by atoms with Gasteiger partial charge in [0.25, 0.3) is 0 Å². The minimum absolute atomic E-state index is 0.0226. The van der Waals surface area contributed by atoms with Crippen molar-refractivity contribution < 1.29 is 18.1 Å². The molecule has 3 unspecified atom stereocenters. The van der Waals surface area contributed by atoms with E-state index in [1.54, 1.807) is 7.05 Å². The largest absolute Gasteiger partial charge is 0.327 e. The van der Waals surface area contributed by atoms with Gasteiger partial charge in [0, 0.05) is 31.0 Å². The van der Waals surface area contributed by atoms with E-state index in [1.165, 1.54) is 4.31 Å². The average molecular weight is 415 g/mol. The van der Waals surface area contributed by atoms with Gasteiger partial charge in [-0.1, -0.05) is 23.7 Å². The van der Waals surface area contributed by atoms with E-state index in [-0.39, 0.29) is 29.7 Å². The van der Waals surface area contributed by atoms with Crippen molar-refractivity contribution in [2.24, 2.45) is 5.73 Å². The number of carbonyl (C=O) groups excluding carboxylic acids is 1. The van der Waals surface area contributed by atoms with Crippen LogP contribution in [-0.2, 0) is 21.2 Å². The Labute approximate surface area is 166 Å². The molecule has 0 spiro atoms. The third-order valence-corrected chi connectivity index (χ3v) is 8.11. The molecular formula is C19H29ClN3O3S+. The molecular weight excluding hydrogens is 386 g/mol. The Balaban J connectivity index is 1.55. The van der Waals surface area contributed by atoms with Gasteiger partial charge in [0.2, 0.25) is 10.0 Å². The van der Waals surface area contributed by atoms with Gasteiger partial charge in [0.05, 0.1) is 24.8 Å². The summed E-state index contributed by atoms with van der Waals surface area (Å²) in [6.45, 7) is 1.16. The van der Waals surface area contributed by atoms with Crippen LogP contribution < -0.4 is 10.6 Å². The zero-order chi connectivity index (χ0) is 19.6. The maximum atomic E-state index is 12.8. The topological polar surface area (TPSA) is 84.9 Å².